The summed E-state index contributed by atoms with van der Waals surface area (Å²) in [5, 5.41) is 0. The van der Waals surface area contributed by atoms with Gasteiger partial charge < -0.3 is 10.6 Å². The van der Waals surface area contributed by atoms with Crippen molar-refractivity contribution in [2.24, 2.45) is 5.73 Å². The summed E-state index contributed by atoms with van der Waals surface area (Å²) in [5.74, 6) is 0.837. The van der Waals surface area contributed by atoms with E-state index in [1.807, 2.05) is 0 Å². The molecular formula is C13H17F3N2OS. The molecule has 2 N–H and O–H groups in total. The summed E-state index contributed by atoms with van der Waals surface area (Å²) in [6.07, 6.45) is -3.97. The van der Waals surface area contributed by atoms with Crippen LogP contribution in [0, 0.1) is 0 Å². The van der Waals surface area contributed by atoms with Gasteiger partial charge in [0.05, 0.1) is 5.56 Å². The van der Waals surface area contributed by atoms with Gasteiger partial charge in [0, 0.05) is 41.1 Å². The molecule has 1 saturated heterocycles. The molecule has 0 saturated carbocycles. The first-order valence-electron chi connectivity index (χ1n) is 6.42. The predicted octanol–water partition coefficient (Wildman–Crippen LogP) is 1.78. The summed E-state index contributed by atoms with van der Waals surface area (Å²) in [7, 11) is -0.909. The van der Waals surface area contributed by atoms with E-state index in [9.17, 15) is 17.4 Å². The molecule has 0 atom stereocenters. The van der Waals surface area contributed by atoms with E-state index in [4.69, 9.17) is 5.73 Å². The Kier molecular flexibility index (Phi) is 4.70. The van der Waals surface area contributed by atoms with Crippen molar-refractivity contribution in [3.8, 4) is 0 Å². The van der Waals surface area contributed by atoms with Gasteiger partial charge in [-0.05, 0) is 30.7 Å². The molecule has 112 valence electrons. The topological polar surface area (TPSA) is 46.3 Å². The van der Waals surface area contributed by atoms with Gasteiger partial charge in [-0.25, -0.2) is 0 Å². The quantitative estimate of drug-likeness (QED) is 0.926. The Hall–Kier alpha value is -1.08. The highest BCUT2D eigenvalue weighted by Crippen LogP contribution is 2.37. The fourth-order valence-electron chi connectivity index (χ4n) is 2.29. The third-order valence-corrected chi connectivity index (χ3v) is 4.59. The van der Waals surface area contributed by atoms with Crippen LogP contribution in [-0.2, 0) is 23.4 Å². The van der Waals surface area contributed by atoms with Crippen LogP contribution >= 0.6 is 0 Å². The molecule has 1 aliphatic heterocycles. The molecule has 1 aromatic rings. The number of halogens is 3. The van der Waals surface area contributed by atoms with Crippen LogP contribution in [0.3, 0.4) is 0 Å². The van der Waals surface area contributed by atoms with Crippen molar-refractivity contribution < 1.29 is 17.4 Å². The van der Waals surface area contributed by atoms with Gasteiger partial charge in [0.2, 0.25) is 0 Å². The lowest BCUT2D eigenvalue weighted by Crippen LogP contribution is -2.38. The van der Waals surface area contributed by atoms with Crippen LogP contribution in [0.2, 0.25) is 0 Å². The fraction of sp³-hybridized carbons (Fsp3) is 0.538. The molecule has 0 spiro atoms. The minimum atomic E-state index is -4.39. The van der Waals surface area contributed by atoms with Crippen molar-refractivity contribution in [3.63, 3.8) is 0 Å². The van der Waals surface area contributed by atoms with E-state index < -0.39 is 22.5 Å². The van der Waals surface area contributed by atoms with Crippen molar-refractivity contribution >= 4 is 16.5 Å². The number of nitrogens with zero attached hydrogens (tertiary/aromatic N) is 1. The highest BCUT2D eigenvalue weighted by atomic mass is 32.2. The van der Waals surface area contributed by atoms with Crippen LogP contribution in [0.1, 0.15) is 11.1 Å². The summed E-state index contributed by atoms with van der Waals surface area (Å²) in [5.41, 5.74) is 5.52. The number of rotatable bonds is 3. The minimum Gasteiger partial charge on any atom is -0.369 e. The fourth-order valence-corrected chi connectivity index (χ4v) is 3.34. The summed E-state index contributed by atoms with van der Waals surface area (Å²) in [4.78, 5) is 1.66. The van der Waals surface area contributed by atoms with Crippen LogP contribution < -0.4 is 10.6 Å². The SMILES string of the molecule is NCCc1ccc(N2CCS(=O)CC2)c(C(F)(F)F)c1. The number of hydrogen-bond acceptors (Lipinski definition) is 3. The first kappa shape index (κ1) is 15.3. The first-order chi connectivity index (χ1) is 9.41. The van der Waals surface area contributed by atoms with E-state index >= 15 is 0 Å². The highest BCUT2D eigenvalue weighted by Gasteiger charge is 2.35. The molecule has 0 aliphatic carbocycles. The maximum Gasteiger partial charge on any atom is 0.418 e. The second kappa shape index (κ2) is 6.13. The highest BCUT2D eigenvalue weighted by molar-refractivity contribution is 7.85. The average molecular weight is 306 g/mol. The molecular weight excluding hydrogens is 289 g/mol. The van der Waals surface area contributed by atoms with E-state index in [0.717, 1.165) is 0 Å². The Morgan fingerprint density at radius 2 is 1.90 bits per heavy atom. The summed E-state index contributed by atoms with van der Waals surface area (Å²) in [6.45, 7) is 1.11. The van der Waals surface area contributed by atoms with E-state index in [1.165, 1.54) is 12.1 Å². The standard InChI is InChI=1S/C13H17F3N2OS/c14-13(15,16)11-9-10(3-4-17)1-2-12(11)18-5-7-20(19)8-6-18/h1-2,9H,3-8,17H2. The Balaban J connectivity index is 2.34. The van der Waals surface area contributed by atoms with Gasteiger partial charge in [0.15, 0.2) is 0 Å². The number of alkyl halides is 3. The summed E-state index contributed by atoms with van der Waals surface area (Å²) in [6, 6.07) is 4.36. The number of anilines is 1. The summed E-state index contributed by atoms with van der Waals surface area (Å²) < 4.78 is 50.9. The molecule has 0 radical (unpaired) electrons. The van der Waals surface area contributed by atoms with Gasteiger partial charge in [0.25, 0.3) is 0 Å². The van der Waals surface area contributed by atoms with Crippen molar-refractivity contribution in [2.45, 2.75) is 12.6 Å². The van der Waals surface area contributed by atoms with Gasteiger partial charge in [-0.2, -0.15) is 13.2 Å². The molecule has 1 fully saturated rings. The lowest BCUT2D eigenvalue weighted by Gasteiger charge is -2.31. The molecule has 7 heteroatoms. The van der Waals surface area contributed by atoms with Gasteiger partial charge in [0.1, 0.15) is 0 Å². The van der Waals surface area contributed by atoms with E-state index in [2.05, 4.69) is 0 Å². The Morgan fingerprint density at radius 3 is 2.45 bits per heavy atom. The monoisotopic (exact) mass is 306 g/mol. The second-order valence-electron chi connectivity index (χ2n) is 4.72. The van der Waals surface area contributed by atoms with Crippen LogP contribution in [0.15, 0.2) is 18.2 Å². The summed E-state index contributed by atoms with van der Waals surface area (Å²) >= 11 is 0. The van der Waals surface area contributed by atoms with Crippen molar-refractivity contribution in [1.29, 1.82) is 0 Å². The van der Waals surface area contributed by atoms with Crippen molar-refractivity contribution in [1.82, 2.24) is 0 Å². The Labute approximate surface area is 118 Å². The van der Waals surface area contributed by atoms with Crippen LogP contribution in [-0.4, -0.2) is 35.3 Å². The van der Waals surface area contributed by atoms with Gasteiger partial charge in [-0.3, -0.25) is 4.21 Å². The zero-order chi connectivity index (χ0) is 14.8. The smallest absolute Gasteiger partial charge is 0.369 e. The molecule has 1 heterocycles. The molecule has 1 aliphatic rings. The van der Waals surface area contributed by atoms with Crippen LogP contribution in [0.4, 0.5) is 18.9 Å². The lowest BCUT2D eigenvalue weighted by atomic mass is 10.0. The van der Waals surface area contributed by atoms with Crippen LogP contribution in [0.25, 0.3) is 0 Å². The molecule has 0 amide bonds. The Bertz CT molecular complexity index is 495. The lowest BCUT2D eigenvalue weighted by molar-refractivity contribution is -0.137. The zero-order valence-electron chi connectivity index (χ0n) is 10.9. The maximum atomic E-state index is 13.2. The molecule has 0 bridgehead atoms. The minimum absolute atomic E-state index is 0.176. The van der Waals surface area contributed by atoms with E-state index in [1.54, 1.807) is 11.0 Å². The van der Waals surface area contributed by atoms with Crippen molar-refractivity contribution in [2.75, 3.05) is 36.0 Å². The molecule has 3 nitrogen and oxygen atoms in total. The number of nitrogens with two attached hydrogens (primary N) is 1. The average Bonchev–Trinajstić information content (AvgIpc) is 2.39. The van der Waals surface area contributed by atoms with E-state index in [-0.39, 0.29) is 5.69 Å². The first-order valence-corrected chi connectivity index (χ1v) is 7.90. The second-order valence-corrected chi connectivity index (χ2v) is 6.42. The maximum absolute atomic E-state index is 13.2. The van der Waals surface area contributed by atoms with Crippen LogP contribution in [0.5, 0.6) is 0 Å². The number of hydrogen-bond donors (Lipinski definition) is 1. The normalized spacial score (nSPS) is 17.5. The molecule has 2 rings (SSSR count). The molecule has 0 unspecified atom stereocenters. The Morgan fingerprint density at radius 1 is 1.25 bits per heavy atom. The predicted molar refractivity (Wildman–Crippen MR) is 74.3 cm³/mol. The zero-order valence-corrected chi connectivity index (χ0v) is 11.8. The van der Waals surface area contributed by atoms with Gasteiger partial charge in [-0.1, -0.05) is 6.07 Å². The van der Waals surface area contributed by atoms with Gasteiger partial charge in [-0.15, -0.1) is 0 Å². The molecule has 0 aromatic heterocycles. The molecule has 20 heavy (non-hydrogen) atoms. The van der Waals surface area contributed by atoms with Crippen molar-refractivity contribution in [3.05, 3.63) is 29.3 Å². The van der Waals surface area contributed by atoms with E-state index in [0.29, 0.717) is 43.1 Å². The third kappa shape index (κ3) is 3.52. The largest absolute Gasteiger partial charge is 0.418 e. The number of benzene rings is 1. The molecule has 1 aromatic carbocycles. The third-order valence-electron chi connectivity index (χ3n) is 3.32. The van der Waals surface area contributed by atoms with Gasteiger partial charge >= 0.3 is 6.18 Å².